The molecule has 1 fully saturated rings. The average Bonchev–Trinajstić information content (AvgIpc) is 2.63. The number of hydrogen-bond donors (Lipinski definition) is 2. The Hall–Kier alpha value is -2.83. The van der Waals surface area contributed by atoms with Crippen molar-refractivity contribution < 1.29 is 4.79 Å². The third-order valence-electron chi connectivity index (χ3n) is 4.89. The molecular formula is C20H27N5O2. The van der Waals surface area contributed by atoms with Crippen LogP contribution in [0.1, 0.15) is 35.3 Å². The Kier molecular flexibility index (Phi) is 5.48. The van der Waals surface area contributed by atoms with Crippen LogP contribution in [-0.2, 0) is 0 Å². The van der Waals surface area contributed by atoms with Crippen LogP contribution < -0.4 is 20.7 Å². The van der Waals surface area contributed by atoms with Gasteiger partial charge in [-0.2, -0.15) is 0 Å². The number of aryl methyl sites for hydroxylation is 2. The van der Waals surface area contributed by atoms with Gasteiger partial charge >= 0.3 is 0 Å². The molecule has 7 heteroatoms. The van der Waals surface area contributed by atoms with Gasteiger partial charge in [-0.3, -0.25) is 14.6 Å². The second-order valence-corrected chi connectivity index (χ2v) is 7.32. The van der Waals surface area contributed by atoms with E-state index in [1.165, 1.54) is 23.0 Å². The summed E-state index contributed by atoms with van der Waals surface area (Å²) in [6, 6.07) is 6.49. The summed E-state index contributed by atoms with van der Waals surface area (Å²) in [6.07, 6.45) is 1.36. The van der Waals surface area contributed by atoms with E-state index in [1.807, 2.05) is 18.7 Å². The number of amides is 1. The minimum atomic E-state index is -0.408. The second kappa shape index (κ2) is 7.82. The van der Waals surface area contributed by atoms with E-state index in [0.29, 0.717) is 5.95 Å². The van der Waals surface area contributed by atoms with Crippen molar-refractivity contribution in [1.82, 2.24) is 15.3 Å². The van der Waals surface area contributed by atoms with Gasteiger partial charge in [0.25, 0.3) is 11.5 Å². The number of H-pyrrole nitrogens is 1. The van der Waals surface area contributed by atoms with E-state index in [1.54, 1.807) is 0 Å². The first-order chi connectivity index (χ1) is 12.8. The van der Waals surface area contributed by atoms with Gasteiger partial charge in [-0.05, 0) is 51.0 Å². The summed E-state index contributed by atoms with van der Waals surface area (Å²) < 4.78 is 0. The smallest absolute Gasteiger partial charge is 0.265 e. The zero-order valence-electron chi connectivity index (χ0n) is 16.4. The van der Waals surface area contributed by atoms with Gasteiger partial charge in [0.05, 0.1) is 0 Å². The molecule has 1 aromatic heterocycles. The predicted octanol–water partition coefficient (Wildman–Crippen LogP) is 1.85. The Bertz CT molecular complexity index is 882. The Morgan fingerprint density at radius 2 is 1.78 bits per heavy atom. The van der Waals surface area contributed by atoms with E-state index >= 15 is 0 Å². The summed E-state index contributed by atoms with van der Waals surface area (Å²) in [7, 11) is 0. The fraction of sp³-hybridized carbons (Fsp3) is 0.450. The number of hydrogen-bond acceptors (Lipinski definition) is 5. The number of rotatable bonds is 4. The van der Waals surface area contributed by atoms with E-state index in [-0.39, 0.29) is 11.6 Å². The van der Waals surface area contributed by atoms with E-state index in [0.717, 1.165) is 26.2 Å². The van der Waals surface area contributed by atoms with Crippen LogP contribution in [0.25, 0.3) is 0 Å². The third kappa shape index (κ3) is 4.30. The molecule has 1 amide bonds. The number of nitrogens with one attached hydrogen (secondary N) is 2. The monoisotopic (exact) mass is 369 g/mol. The molecule has 3 rings (SSSR count). The number of piperazine rings is 1. The summed E-state index contributed by atoms with van der Waals surface area (Å²) in [5, 5.41) is 2.71. The van der Waals surface area contributed by atoms with Gasteiger partial charge in [0, 0.05) is 44.1 Å². The van der Waals surface area contributed by atoms with Crippen molar-refractivity contribution in [2.45, 2.75) is 33.7 Å². The third-order valence-corrected chi connectivity index (χ3v) is 4.89. The summed E-state index contributed by atoms with van der Waals surface area (Å²) >= 11 is 0. The lowest BCUT2D eigenvalue weighted by molar-refractivity contribution is 0.0941. The molecule has 1 saturated heterocycles. The molecule has 2 N–H and O–H groups in total. The van der Waals surface area contributed by atoms with Gasteiger partial charge in [0.2, 0.25) is 5.95 Å². The van der Waals surface area contributed by atoms with Crippen molar-refractivity contribution in [1.29, 1.82) is 0 Å². The molecular weight excluding hydrogens is 342 g/mol. The standard InChI is InChI=1S/C20H27N5O2/c1-13(2)22-18(26)17-12-21-20(23-19(17)27)25-9-7-24(8-10-25)16-6-5-14(3)15(4)11-16/h5-6,11-13H,7-10H2,1-4H3,(H,22,26)(H,21,23,27). The summed E-state index contributed by atoms with van der Waals surface area (Å²) in [6.45, 7) is 11.2. The van der Waals surface area contributed by atoms with Crippen LogP contribution in [0.3, 0.4) is 0 Å². The van der Waals surface area contributed by atoms with Gasteiger partial charge in [0.1, 0.15) is 5.56 Å². The molecule has 1 aliphatic rings. The lowest BCUT2D eigenvalue weighted by Crippen LogP contribution is -2.47. The van der Waals surface area contributed by atoms with Gasteiger partial charge in [-0.15, -0.1) is 0 Å². The van der Waals surface area contributed by atoms with Crippen molar-refractivity contribution in [3.8, 4) is 0 Å². The van der Waals surface area contributed by atoms with E-state index in [9.17, 15) is 9.59 Å². The Morgan fingerprint density at radius 1 is 1.11 bits per heavy atom. The molecule has 27 heavy (non-hydrogen) atoms. The van der Waals surface area contributed by atoms with Crippen LogP contribution in [0.4, 0.5) is 11.6 Å². The van der Waals surface area contributed by atoms with Crippen LogP contribution in [0.5, 0.6) is 0 Å². The molecule has 0 aliphatic carbocycles. The summed E-state index contributed by atoms with van der Waals surface area (Å²) in [5.41, 5.74) is 3.44. The maximum Gasteiger partial charge on any atom is 0.265 e. The topological polar surface area (TPSA) is 81.3 Å². The summed E-state index contributed by atoms with van der Waals surface area (Å²) in [4.78, 5) is 35.7. The maximum absolute atomic E-state index is 12.3. The molecule has 0 spiro atoms. The van der Waals surface area contributed by atoms with Crippen LogP contribution in [0.15, 0.2) is 29.2 Å². The largest absolute Gasteiger partial charge is 0.368 e. The molecule has 0 radical (unpaired) electrons. The number of benzene rings is 1. The van der Waals surface area contributed by atoms with Crippen molar-refractivity contribution in [3.63, 3.8) is 0 Å². The summed E-state index contributed by atoms with van der Waals surface area (Å²) in [5.74, 6) is 0.116. The van der Waals surface area contributed by atoms with Gasteiger partial charge in [0.15, 0.2) is 0 Å². The molecule has 144 valence electrons. The van der Waals surface area contributed by atoms with Crippen molar-refractivity contribution >= 4 is 17.5 Å². The second-order valence-electron chi connectivity index (χ2n) is 7.32. The zero-order chi connectivity index (χ0) is 19.6. The highest BCUT2D eigenvalue weighted by Crippen LogP contribution is 2.21. The predicted molar refractivity (Wildman–Crippen MR) is 108 cm³/mol. The number of nitrogens with zero attached hydrogens (tertiary/aromatic N) is 3. The van der Waals surface area contributed by atoms with Crippen molar-refractivity contribution in [2.24, 2.45) is 0 Å². The first-order valence-corrected chi connectivity index (χ1v) is 9.32. The highest BCUT2D eigenvalue weighted by molar-refractivity contribution is 5.93. The van der Waals surface area contributed by atoms with E-state index < -0.39 is 11.5 Å². The fourth-order valence-electron chi connectivity index (χ4n) is 3.15. The number of anilines is 2. The molecule has 0 unspecified atom stereocenters. The molecule has 2 aromatic rings. The Balaban J connectivity index is 1.67. The fourth-order valence-corrected chi connectivity index (χ4v) is 3.15. The highest BCUT2D eigenvalue weighted by Gasteiger charge is 2.20. The van der Waals surface area contributed by atoms with Crippen LogP contribution in [-0.4, -0.2) is 48.1 Å². The van der Waals surface area contributed by atoms with Crippen molar-refractivity contribution in [2.75, 3.05) is 36.0 Å². The minimum Gasteiger partial charge on any atom is -0.368 e. The van der Waals surface area contributed by atoms with Crippen LogP contribution in [0.2, 0.25) is 0 Å². The minimum absolute atomic E-state index is 0.0323. The van der Waals surface area contributed by atoms with Gasteiger partial charge in [-0.25, -0.2) is 4.98 Å². The van der Waals surface area contributed by atoms with E-state index in [2.05, 4.69) is 52.2 Å². The first kappa shape index (κ1) is 18.9. The number of aromatic amines is 1. The van der Waals surface area contributed by atoms with E-state index in [4.69, 9.17) is 0 Å². The quantitative estimate of drug-likeness (QED) is 0.860. The molecule has 0 atom stereocenters. The number of carbonyl (C=O) groups excluding carboxylic acids is 1. The normalized spacial score (nSPS) is 14.6. The number of aromatic nitrogens is 2. The molecule has 0 bridgehead atoms. The molecule has 1 aliphatic heterocycles. The zero-order valence-corrected chi connectivity index (χ0v) is 16.4. The lowest BCUT2D eigenvalue weighted by Gasteiger charge is -2.36. The highest BCUT2D eigenvalue weighted by atomic mass is 16.2. The lowest BCUT2D eigenvalue weighted by atomic mass is 10.1. The molecule has 0 saturated carbocycles. The molecule has 7 nitrogen and oxygen atoms in total. The SMILES string of the molecule is Cc1ccc(N2CCN(c3ncc(C(=O)NC(C)C)c(=O)[nH]3)CC2)cc1C. The molecule has 2 heterocycles. The maximum atomic E-state index is 12.3. The van der Waals surface area contributed by atoms with Crippen LogP contribution in [0, 0.1) is 13.8 Å². The average molecular weight is 369 g/mol. The number of carbonyl (C=O) groups is 1. The Morgan fingerprint density at radius 3 is 2.37 bits per heavy atom. The van der Waals surface area contributed by atoms with Crippen molar-refractivity contribution in [3.05, 3.63) is 51.4 Å². The first-order valence-electron chi connectivity index (χ1n) is 9.32. The van der Waals surface area contributed by atoms with Crippen LogP contribution >= 0.6 is 0 Å². The van der Waals surface area contributed by atoms with Gasteiger partial charge < -0.3 is 15.1 Å². The Labute approximate surface area is 159 Å². The molecule has 1 aromatic carbocycles. The van der Waals surface area contributed by atoms with Gasteiger partial charge in [-0.1, -0.05) is 6.07 Å².